The first-order valence-corrected chi connectivity index (χ1v) is 8.52. The topological polar surface area (TPSA) is 49.3 Å². The molecule has 2 unspecified atom stereocenters. The lowest BCUT2D eigenvalue weighted by atomic mass is 9.91. The minimum Gasteiger partial charge on any atom is -0.480 e. The quantitative estimate of drug-likeness (QED) is 0.768. The lowest BCUT2D eigenvalue weighted by Crippen LogP contribution is -2.54. The summed E-state index contributed by atoms with van der Waals surface area (Å²) < 4.78 is 0. The number of hydrogen-bond acceptors (Lipinski definition) is 3. The maximum atomic E-state index is 12.1. The zero-order chi connectivity index (χ0) is 16.0. The first-order valence-electron chi connectivity index (χ1n) is 7.48. The highest BCUT2D eigenvalue weighted by atomic mass is 32.2. The second kappa shape index (κ2) is 7.85. The minimum absolute atomic E-state index is 0.0938. The first kappa shape index (κ1) is 18.1. The van der Waals surface area contributed by atoms with Gasteiger partial charge in [-0.05, 0) is 25.3 Å². The standard InChI is InChI=1S/C17H27NO2S/c1-12(2)14(5)21-11-17(16(19)20,18-13(3)4)15-9-7-6-8-10-15/h6-10,12-14,18H,11H2,1-5H3,(H,19,20). The van der Waals surface area contributed by atoms with Gasteiger partial charge in [-0.15, -0.1) is 0 Å². The Kier molecular flexibility index (Phi) is 6.75. The number of benzene rings is 1. The zero-order valence-corrected chi connectivity index (χ0v) is 14.4. The van der Waals surface area contributed by atoms with Gasteiger partial charge in [0.05, 0.1) is 0 Å². The van der Waals surface area contributed by atoms with Gasteiger partial charge in [0.2, 0.25) is 0 Å². The Balaban J connectivity index is 3.11. The molecule has 3 nitrogen and oxygen atoms in total. The monoisotopic (exact) mass is 309 g/mol. The average Bonchev–Trinajstić information content (AvgIpc) is 2.43. The molecule has 4 heteroatoms. The summed E-state index contributed by atoms with van der Waals surface area (Å²) in [6, 6.07) is 9.58. The van der Waals surface area contributed by atoms with Crippen LogP contribution in [-0.4, -0.2) is 28.1 Å². The number of thioether (sulfide) groups is 1. The second-order valence-electron chi connectivity index (χ2n) is 6.14. The van der Waals surface area contributed by atoms with E-state index in [0.29, 0.717) is 16.9 Å². The van der Waals surface area contributed by atoms with E-state index in [1.165, 1.54) is 0 Å². The highest BCUT2D eigenvalue weighted by molar-refractivity contribution is 8.00. The van der Waals surface area contributed by atoms with Crippen molar-refractivity contribution < 1.29 is 9.90 Å². The Morgan fingerprint density at radius 3 is 2.19 bits per heavy atom. The summed E-state index contributed by atoms with van der Waals surface area (Å²) in [5.74, 6) is 0.228. The Labute approximate surface area is 132 Å². The predicted octanol–water partition coefficient (Wildman–Crippen LogP) is 3.74. The molecule has 0 heterocycles. The van der Waals surface area contributed by atoms with Crippen molar-refractivity contribution in [2.24, 2.45) is 5.92 Å². The van der Waals surface area contributed by atoms with E-state index in [1.807, 2.05) is 44.2 Å². The average molecular weight is 309 g/mol. The Morgan fingerprint density at radius 2 is 1.76 bits per heavy atom. The van der Waals surface area contributed by atoms with E-state index in [9.17, 15) is 9.90 Å². The van der Waals surface area contributed by atoms with Gasteiger partial charge in [0.1, 0.15) is 0 Å². The van der Waals surface area contributed by atoms with E-state index in [1.54, 1.807) is 11.8 Å². The van der Waals surface area contributed by atoms with Gasteiger partial charge in [0.25, 0.3) is 0 Å². The van der Waals surface area contributed by atoms with Gasteiger partial charge in [-0.3, -0.25) is 5.32 Å². The Hall–Kier alpha value is -1.00. The summed E-state index contributed by atoms with van der Waals surface area (Å²) >= 11 is 1.71. The van der Waals surface area contributed by atoms with Gasteiger partial charge in [-0.1, -0.05) is 51.1 Å². The molecule has 0 aromatic heterocycles. The summed E-state index contributed by atoms with van der Waals surface area (Å²) in [7, 11) is 0. The van der Waals surface area contributed by atoms with Gasteiger partial charge in [0, 0.05) is 17.0 Å². The fourth-order valence-corrected chi connectivity index (χ4v) is 3.39. The fourth-order valence-electron chi connectivity index (χ4n) is 2.12. The van der Waals surface area contributed by atoms with Crippen LogP contribution < -0.4 is 5.32 Å². The molecule has 2 atom stereocenters. The number of hydrogen-bond donors (Lipinski definition) is 2. The van der Waals surface area contributed by atoms with Gasteiger partial charge >= 0.3 is 5.97 Å². The largest absolute Gasteiger partial charge is 0.480 e. The van der Waals surface area contributed by atoms with Crippen molar-refractivity contribution in [2.45, 2.75) is 51.4 Å². The molecule has 0 spiro atoms. The summed E-state index contributed by atoms with van der Waals surface area (Å²) in [6.45, 7) is 10.5. The molecule has 118 valence electrons. The second-order valence-corrected chi connectivity index (χ2v) is 7.50. The fraction of sp³-hybridized carbons (Fsp3) is 0.588. The number of aliphatic carboxylic acids is 1. The number of carboxylic acid groups (broad SMARTS) is 1. The van der Waals surface area contributed by atoms with Crippen LogP contribution in [0, 0.1) is 5.92 Å². The molecule has 1 aromatic rings. The van der Waals surface area contributed by atoms with Crippen LogP contribution in [0.3, 0.4) is 0 Å². The molecule has 0 fully saturated rings. The van der Waals surface area contributed by atoms with E-state index >= 15 is 0 Å². The molecule has 0 aliphatic rings. The molecular formula is C17H27NO2S. The molecule has 0 aliphatic heterocycles. The lowest BCUT2D eigenvalue weighted by molar-refractivity contribution is -0.144. The van der Waals surface area contributed by atoms with E-state index in [-0.39, 0.29) is 6.04 Å². The Morgan fingerprint density at radius 1 is 1.19 bits per heavy atom. The van der Waals surface area contributed by atoms with Gasteiger partial charge < -0.3 is 5.11 Å². The first-order chi connectivity index (χ1) is 9.79. The van der Waals surface area contributed by atoms with Crippen LogP contribution in [0.1, 0.15) is 40.2 Å². The van der Waals surface area contributed by atoms with Crippen molar-refractivity contribution >= 4 is 17.7 Å². The van der Waals surface area contributed by atoms with Gasteiger partial charge in [-0.2, -0.15) is 11.8 Å². The van der Waals surface area contributed by atoms with E-state index < -0.39 is 11.5 Å². The van der Waals surface area contributed by atoms with E-state index in [2.05, 4.69) is 26.1 Å². The number of nitrogens with one attached hydrogen (secondary N) is 1. The number of carbonyl (C=O) groups is 1. The zero-order valence-electron chi connectivity index (χ0n) is 13.6. The highest BCUT2D eigenvalue weighted by Crippen LogP contribution is 2.31. The number of carboxylic acids is 1. The third kappa shape index (κ3) is 4.75. The van der Waals surface area contributed by atoms with Crippen molar-refractivity contribution in [1.82, 2.24) is 5.32 Å². The SMILES string of the molecule is CC(C)NC(CSC(C)C(C)C)(C(=O)O)c1ccccc1. The molecule has 0 aliphatic carbocycles. The summed E-state index contributed by atoms with van der Waals surface area (Å²) in [5, 5.41) is 13.6. The van der Waals surface area contributed by atoms with Gasteiger partial charge in [0.15, 0.2) is 5.54 Å². The van der Waals surface area contributed by atoms with Crippen molar-refractivity contribution in [3.05, 3.63) is 35.9 Å². The van der Waals surface area contributed by atoms with E-state index in [0.717, 1.165) is 5.56 Å². The van der Waals surface area contributed by atoms with Crippen LogP contribution in [0.4, 0.5) is 0 Å². The molecule has 0 saturated carbocycles. The normalized spacial score (nSPS) is 16.0. The third-order valence-corrected chi connectivity index (χ3v) is 5.34. The molecule has 0 radical (unpaired) electrons. The molecule has 21 heavy (non-hydrogen) atoms. The van der Waals surface area contributed by atoms with Crippen molar-refractivity contribution in [2.75, 3.05) is 5.75 Å². The maximum Gasteiger partial charge on any atom is 0.329 e. The van der Waals surface area contributed by atoms with Crippen LogP contribution in [0.2, 0.25) is 0 Å². The van der Waals surface area contributed by atoms with Crippen molar-refractivity contribution in [3.8, 4) is 0 Å². The molecule has 0 saturated heterocycles. The van der Waals surface area contributed by atoms with Crippen LogP contribution in [0.5, 0.6) is 0 Å². The third-order valence-electron chi connectivity index (χ3n) is 3.67. The summed E-state index contributed by atoms with van der Waals surface area (Å²) in [4.78, 5) is 12.1. The summed E-state index contributed by atoms with van der Waals surface area (Å²) in [6.07, 6.45) is 0. The van der Waals surface area contributed by atoms with Crippen molar-refractivity contribution in [3.63, 3.8) is 0 Å². The van der Waals surface area contributed by atoms with Gasteiger partial charge in [-0.25, -0.2) is 4.79 Å². The smallest absolute Gasteiger partial charge is 0.329 e. The molecule has 2 N–H and O–H groups in total. The van der Waals surface area contributed by atoms with Crippen LogP contribution >= 0.6 is 11.8 Å². The van der Waals surface area contributed by atoms with Crippen LogP contribution in [0.25, 0.3) is 0 Å². The molecular weight excluding hydrogens is 282 g/mol. The number of rotatable bonds is 8. The molecule has 0 bridgehead atoms. The molecule has 0 amide bonds. The highest BCUT2D eigenvalue weighted by Gasteiger charge is 2.41. The maximum absolute atomic E-state index is 12.1. The Bertz CT molecular complexity index is 447. The minimum atomic E-state index is -1.04. The molecule has 1 aromatic carbocycles. The molecule has 1 rings (SSSR count). The van der Waals surface area contributed by atoms with Crippen LogP contribution in [0.15, 0.2) is 30.3 Å². The van der Waals surface area contributed by atoms with Crippen molar-refractivity contribution in [1.29, 1.82) is 0 Å². The summed E-state index contributed by atoms with van der Waals surface area (Å²) in [5.41, 5.74) is -0.224. The van der Waals surface area contributed by atoms with E-state index in [4.69, 9.17) is 0 Å². The van der Waals surface area contributed by atoms with Crippen LogP contribution in [-0.2, 0) is 10.3 Å². The lowest BCUT2D eigenvalue weighted by Gasteiger charge is -2.34. The predicted molar refractivity (Wildman–Crippen MR) is 90.8 cm³/mol.